The average Bonchev–Trinajstić information content (AvgIpc) is 2.04. The highest BCUT2D eigenvalue weighted by Gasteiger charge is 2.16. The molecular weight excluding hydrogens is 277 g/mol. The maximum Gasteiger partial charge on any atom is 0.310 e. The molecule has 1 atom stereocenters. The van der Waals surface area contributed by atoms with Crippen LogP contribution in [0.3, 0.4) is 0 Å². The molecule has 0 aliphatic rings. The maximum absolute atomic E-state index is 10.8. The number of carbonyl (C=O) groups is 1. The molecule has 0 saturated heterocycles. The highest BCUT2D eigenvalue weighted by Crippen LogP contribution is 2.21. The molecule has 0 radical (unpaired) electrons. The fourth-order valence-corrected chi connectivity index (χ4v) is 1.84. The van der Waals surface area contributed by atoms with Crippen molar-refractivity contribution in [3.8, 4) is 0 Å². The number of halogens is 1. The van der Waals surface area contributed by atoms with Crippen LogP contribution in [-0.4, -0.2) is 11.1 Å². The van der Waals surface area contributed by atoms with Crippen molar-refractivity contribution in [1.29, 1.82) is 0 Å². The molecule has 1 rings (SSSR count). The van der Waals surface area contributed by atoms with Crippen molar-refractivity contribution < 1.29 is 9.90 Å². The molecule has 13 heavy (non-hydrogen) atoms. The molecule has 0 aromatic heterocycles. The van der Waals surface area contributed by atoms with Crippen LogP contribution in [0.5, 0.6) is 0 Å². The molecule has 0 aliphatic heterocycles. The summed E-state index contributed by atoms with van der Waals surface area (Å²) in [7, 11) is 0. The van der Waals surface area contributed by atoms with E-state index in [9.17, 15) is 4.79 Å². The molecule has 3 heteroatoms. The Morgan fingerprint density at radius 1 is 1.62 bits per heavy atom. The molecule has 0 heterocycles. The molecule has 1 aromatic rings. The SMILES string of the molecule is CCC(C(=O)O)c1cccc([125I])c1. The van der Waals surface area contributed by atoms with Gasteiger partial charge in [0.15, 0.2) is 0 Å². The van der Waals surface area contributed by atoms with Crippen molar-refractivity contribution in [3.05, 3.63) is 33.4 Å². The number of hydrogen-bond donors (Lipinski definition) is 1. The summed E-state index contributed by atoms with van der Waals surface area (Å²) in [4.78, 5) is 10.8. The molecule has 0 fully saturated rings. The minimum atomic E-state index is -0.746. The number of rotatable bonds is 3. The van der Waals surface area contributed by atoms with Gasteiger partial charge in [-0.1, -0.05) is 19.1 Å². The fraction of sp³-hybridized carbons (Fsp3) is 0.300. The van der Waals surface area contributed by atoms with Gasteiger partial charge in [0.2, 0.25) is 0 Å². The van der Waals surface area contributed by atoms with Crippen LogP contribution in [0, 0.1) is 3.57 Å². The summed E-state index contributed by atoms with van der Waals surface area (Å²) in [6, 6.07) is 7.63. The van der Waals surface area contributed by atoms with E-state index >= 15 is 0 Å². The first-order valence-electron chi connectivity index (χ1n) is 4.13. The lowest BCUT2D eigenvalue weighted by atomic mass is 9.97. The van der Waals surface area contributed by atoms with E-state index in [1.165, 1.54) is 0 Å². The van der Waals surface area contributed by atoms with Gasteiger partial charge in [-0.2, -0.15) is 0 Å². The largest absolute Gasteiger partial charge is 0.481 e. The van der Waals surface area contributed by atoms with Gasteiger partial charge in [-0.25, -0.2) is 0 Å². The lowest BCUT2D eigenvalue weighted by Crippen LogP contribution is -2.10. The van der Waals surface area contributed by atoms with E-state index in [4.69, 9.17) is 5.11 Å². The summed E-state index contributed by atoms with van der Waals surface area (Å²) in [5.41, 5.74) is 0.891. The fourth-order valence-electron chi connectivity index (χ4n) is 1.28. The summed E-state index contributed by atoms with van der Waals surface area (Å²) >= 11 is 2.19. The second-order valence-corrected chi connectivity index (χ2v) is 4.10. The standard InChI is InChI=1S/C10H11IO2/c1-2-9(10(12)13)7-4-3-5-8(11)6-7/h3-6,9H,2H2,1H3,(H,12,13)/i11-2. The van der Waals surface area contributed by atoms with Gasteiger partial charge >= 0.3 is 5.97 Å². The third-order valence-corrected chi connectivity index (χ3v) is 2.63. The van der Waals surface area contributed by atoms with Crippen LogP contribution >= 0.6 is 22.6 Å². The maximum atomic E-state index is 10.8. The summed E-state index contributed by atoms with van der Waals surface area (Å²) in [5.74, 6) is -1.11. The summed E-state index contributed by atoms with van der Waals surface area (Å²) in [5, 5.41) is 8.92. The van der Waals surface area contributed by atoms with Crippen molar-refractivity contribution in [2.75, 3.05) is 0 Å². The molecule has 0 saturated carbocycles. The highest BCUT2D eigenvalue weighted by atomic mass is 125. The number of aliphatic carboxylic acids is 1. The third kappa shape index (κ3) is 2.69. The van der Waals surface area contributed by atoms with Gasteiger partial charge in [-0.3, -0.25) is 4.79 Å². The monoisotopic (exact) mass is 288 g/mol. The van der Waals surface area contributed by atoms with Crippen molar-refractivity contribution in [2.45, 2.75) is 19.3 Å². The van der Waals surface area contributed by atoms with Gasteiger partial charge in [0.25, 0.3) is 0 Å². The molecule has 1 aromatic carbocycles. The molecule has 0 amide bonds. The molecular formula is C10H11IO2. The summed E-state index contributed by atoms with van der Waals surface area (Å²) in [6.07, 6.45) is 0.634. The Kier molecular flexibility index (Phi) is 3.71. The van der Waals surface area contributed by atoms with E-state index in [2.05, 4.69) is 22.6 Å². The Labute approximate surface area is 91.1 Å². The van der Waals surface area contributed by atoms with E-state index < -0.39 is 5.97 Å². The lowest BCUT2D eigenvalue weighted by molar-refractivity contribution is -0.138. The molecule has 2 nitrogen and oxygen atoms in total. The number of carboxylic acid groups (broad SMARTS) is 1. The van der Waals surface area contributed by atoms with Gasteiger partial charge in [0.1, 0.15) is 0 Å². The average molecular weight is 288 g/mol. The smallest absolute Gasteiger partial charge is 0.310 e. The van der Waals surface area contributed by atoms with Crippen molar-refractivity contribution in [1.82, 2.24) is 0 Å². The van der Waals surface area contributed by atoms with E-state index in [-0.39, 0.29) is 5.92 Å². The number of carboxylic acids is 1. The van der Waals surface area contributed by atoms with Crippen LogP contribution in [0.1, 0.15) is 24.8 Å². The second kappa shape index (κ2) is 4.60. The first-order valence-corrected chi connectivity index (χ1v) is 5.21. The van der Waals surface area contributed by atoms with Crippen LogP contribution in [-0.2, 0) is 4.79 Å². The quantitative estimate of drug-likeness (QED) is 0.868. The first-order chi connectivity index (χ1) is 6.15. The summed E-state index contributed by atoms with van der Waals surface area (Å²) < 4.78 is 1.08. The van der Waals surface area contributed by atoms with Crippen LogP contribution in [0.15, 0.2) is 24.3 Å². The van der Waals surface area contributed by atoms with Gasteiger partial charge in [0, 0.05) is 3.57 Å². The van der Waals surface area contributed by atoms with Crippen molar-refractivity contribution >= 4 is 28.6 Å². The first kappa shape index (κ1) is 10.5. The Balaban J connectivity index is 2.98. The minimum absolute atomic E-state index is 0.366. The van der Waals surface area contributed by atoms with Gasteiger partial charge in [-0.15, -0.1) is 0 Å². The Bertz CT molecular complexity index is 310. The third-order valence-electron chi connectivity index (χ3n) is 1.96. The van der Waals surface area contributed by atoms with Crippen molar-refractivity contribution in [3.63, 3.8) is 0 Å². The van der Waals surface area contributed by atoms with Gasteiger partial charge in [0.05, 0.1) is 5.92 Å². The Hall–Kier alpha value is -0.580. The molecule has 1 unspecified atom stereocenters. The normalized spacial score (nSPS) is 12.5. The second-order valence-electron chi connectivity index (χ2n) is 2.85. The van der Waals surface area contributed by atoms with Crippen LogP contribution in [0.4, 0.5) is 0 Å². The molecule has 0 spiro atoms. The molecule has 0 bridgehead atoms. The molecule has 0 aliphatic carbocycles. The minimum Gasteiger partial charge on any atom is -0.481 e. The van der Waals surface area contributed by atoms with Crippen LogP contribution < -0.4 is 0 Å². The molecule has 70 valence electrons. The van der Waals surface area contributed by atoms with Gasteiger partial charge in [-0.05, 0) is 46.7 Å². The zero-order valence-electron chi connectivity index (χ0n) is 7.33. The van der Waals surface area contributed by atoms with E-state index in [0.717, 1.165) is 9.13 Å². The number of benzene rings is 1. The predicted molar refractivity (Wildman–Crippen MR) is 59.8 cm³/mol. The lowest BCUT2D eigenvalue weighted by Gasteiger charge is -2.09. The predicted octanol–water partition coefficient (Wildman–Crippen LogP) is 2.87. The zero-order valence-corrected chi connectivity index (χ0v) is 9.48. The highest BCUT2D eigenvalue weighted by molar-refractivity contribution is 14.1. The van der Waals surface area contributed by atoms with Crippen LogP contribution in [0.25, 0.3) is 0 Å². The van der Waals surface area contributed by atoms with E-state index in [1.807, 2.05) is 31.2 Å². The Morgan fingerprint density at radius 3 is 2.77 bits per heavy atom. The zero-order chi connectivity index (χ0) is 9.84. The number of hydrogen-bond acceptors (Lipinski definition) is 1. The van der Waals surface area contributed by atoms with Gasteiger partial charge < -0.3 is 5.11 Å². The van der Waals surface area contributed by atoms with E-state index in [0.29, 0.717) is 6.42 Å². The summed E-state index contributed by atoms with van der Waals surface area (Å²) in [6.45, 7) is 1.89. The van der Waals surface area contributed by atoms with E-state index in [1.54, 1.807) is 0 Å². The van der Waals surface area contributed by atoms with Crippen LogP contribution in [0.2, 0.25) is 0 Å². The topological polar surface area (TPSA) is 37.3 Å². The Morgan fingerprint density at radius 2 is 2.31 bits per heavy atom. The molecule has 1 N–H and O–H groups in total. The van der Waals surface area contributed by atoms with Crippen molar-refractivity contribution in [2.24, 2.45) is 0 Å².